The predicted molar refractivity (Wildman–Crippen MR) is 85.1 cm³/mol. The van der Waals surface area contributed by atoms with Crippen LogP contribution in [0.5, 0.6) is 5.75 Å². The Labute approximate surface area is 135 Å². The lowest BCUT2D eigenvalue weighted by Crippen LogP contribution is -2.24. The molecule has 0 saturated heterocycles. The molecule has 6 heteroatoms. The van der Waals surface area contributed by atoms with Gasteiger partial charge in [-0.3, -0.25) is 0 Å². The normalized spacial score (nSPS) is 12.4. The van der Waals surface area contributed by atoms with E-state index in [1.807, 2.05) is 19.1 Å². The molecule has 0 fully saturated rings. The van der Waals surface area contributed by atoms with Crippen LogP contribution in [0.3, 0.4) is 0 Å². The molecule has 0 aliphatic rings. The summed E-state index contributed by atoms with van der Waals surface area (Å²) in [6.07, 6.45) is 0.877. The SMILES string of the molecule is CCCNC(c1ccc(Br)s1)c1c(F)cc(OC)cc1F. The average Bonchev–Trinajstić information content (AvgIpc) is 2.87. The highest BCUT2D eigenvalue weighted by Crippen LogP contribution is 2.35. The molecule has 2 nitrogen and oxygen atoms in total. The second kappa shape index (κ2) is 7.33. The molecule has 0 amide bonds. The number of hydrogen-bond donors (Lipinski definition) is 1. The highest BCUT2D eigenvalue weighted by Gasteiger charge is 2.24. The van der Waals surface area contributed by atoms with E-state index in [0.717, 1.165) is 15.1 Å². The van der Waals surface area contributed by atoms with Crippen molar-refractivity contribution in [1.29, 1.82) is 0 Å². The van der Waals surface area contributed by atoms with Gasteiger partial charge in [0.25, 0.3) is 0 Å². The molecule has 1 atom stereocenters. The van der Waals surface area contributed by atoms with Gasteiger partial charge >= 0.3 is 0 Å². The van der Waals surface area contributed by atoms with Crippen molar-refractivity contribution in [2.75, 3.05) is 13.7 Å². The number of ether oxygens (including phenoxy) is 1. The number of nitrogens with one attached hydrogen (secondary N) is 1. The molecule has 1 aromatic carbocycles. The van der Waals surface area contributed by atoms with Crippen LogP contribution in [0.1, 0.15) is 29.8 Å². The number of benzene rings is 1. The monoisotopic (exact) mass is 375 g/mol. The van der Waals surface area contributed by atoms with E-state index in [0.29, 0.717) is 6.54 Å². The molecule has 0 aliphatic heterocycles. The quantitative estimate of drug-likeness (QED) is 0.776. The number of hydrogen-bond acceptors (Lipinski definition) is 3. The second-order valence-corrected chi connectivity index (χ2v) is 7.03. The van der Waals surface area contributed by atoms with E-state index < -0.39 is 17.7 Å². The van der Waals surface area contributed by atoms with E-state index in [1.54, 1.807) is 0 Å². The molecule has 0 bridgehead atoms. The Balaban J connectivity index is 2.46. The maximum absolute atomic E-state index is 14.3. The molecule has 2 rings (SSSR count). The zero-order valence-electron chi connectivity index (χ0n) is 11.8. The molecule has 0 radical (unpaired) electrons. The van der Waals surface area contributed by atoms with E-state index in [-0.39, 0.29) is 11.3 Å². The fourth-order valence-electron chi connectivity index (χ4n) is 2.07. The summed E-state index contributed by atoms with van der Waals surface area (Å²) in [5.41, 5.74) is 0.0265. The molecule has 0 aliphatic carbocycles. The van der Waals surface area contributed by atoms with Crippen LogP contribution >= 0.6 is 27.3 Å². The van der Waals surface area contributed by atoms with Crippen LogP contribution < -0.4 is 10.1 Å². The van der Waals surface area contributed by atoms with Gasteiger partial charge in [-0.15, -0.1) is 11.3 Å². The Kier molecular flexibility index (Phi) is 5.72. The van der Waals surface area contributed by atoms with Crippen molar-refractivity contribution in [2.24, 2.45) is 0 Å². The van der Waals surface area contributed by atoms with Crippen LogP contribution in [0.25, 0.3) is 0 Å². The lowest BCUT2D eigenvalue weighted by atomic mass is 10.0. The van der Waals surface area contributed by atoms with Crippen LogP contribution in [0, 0.1) is 11.6 Å². The zero-order chi connectivity index (χ0) is 15.4. The maximum Gasteiger partial charge on any atom is 0.134 e. The molecular formula is C15H16BrF2NOS. The minimum atomic E-state index is -0.607. The summed E-state index contributed by atoms with van der Waals surface area (Å²) in [5, 5.41) is 3.20. The third-order valence-electron chi connectivity index (χ3n) is 3.05. The summed E-state index contributed by atoms with van der Waals surface area (Å²) in [7, 11) is 1.39. The highest BCUT2D eigenvalue weighted by molar-refractivity contribution is 9.11. The number of halogens is 3. The van der Waals surface area contributed by atoms with E-state index in [2.05, 4.69) is 21.2 Å². The minimum Gasteiger partial charge on any atom is -0.497 e. The maximum atomic E-state index is 14.3. The van der Waals surface area contributed by atoms with E-state index in [1.165, 1.54) is 30.6 Å². The summed E-state index contributed by atoms with van der Waals surface area (Å²) in [5.74, 6) is -1.04. The van der Waals surface area contributed by atoms with Crippen molar-refractivity contribution >= 4 is 27.3 Å². The number of thiophene rings is 1. The molecule has 0 spiro atoms. The molecule has 114 valence electrons. The third-order valence-corrected chi connectivity index (χ3v) is 4.74. The van der Waals surface area contributed by atoms with Gasteiger partial charge in [0.1, 0.15) is 17.4 Å². The Hall–Kier alpha value is -0.980. The van der Waals surface area contributed by atoms with Gasteiger partial charge in [-0.2, -0.15) is 0 Å². The van der Waals surface area contributed by atoms with Gasteiger partial charge in [-0.05, 0) is 41.0 Å². The van der Waals surface area contributed by atoms with Gasteiger partial charge in [0.2, 0.25) is 0 Å². The molecule has 1 aromatic heterocycles. The fraction of sp³-hybridized carbons (Fsp3) is 0.333. The van der Waals surface area contributed by atoms with E-state index in [4.69, 9.17) is 4.74 Å². The molecule has 1 unspecified atom stereocenters. The van der Waals surface area contributed by atoms with E-state index >= 15 is 0 Å². The van der Waals surface area contributed by atoms with Gasteiger partial charge in [0.05, 0.1) is 16.9 Å². The first kappa shape index (κ1) is 16.4. The van der Waals surface area contributed by atoms with Crippen LogP contribution in [-0.4, -0.2) is 13.7 Å². The summed E-state index contributed by atoms with van der Waals surface area (Å²) in [6, 6.07) is 5.65. The van der Waals surface area contributed by atoms with Crippen LogP contribution in [-0.2, 0) is 0 Å². The van der Waals surface area contributed by atoms with Gasteiger partial charge in [-0.1, -0.05) is 6.92 Å². The van der Waals surface area contributed by atoms with Gasteiger partial charge in [-0.25, -0.2) is 8.78 Å². The lowest BCUT2D eigenvalue weighted by molar-refractivity contribution is 0.403. The minimum absolute atomic E-state index is 0.0265. The largest absolute Gasteiger partial charge is 0.497 e. The van der Waals surface area contributed by atoms with Crippen molar-refractivity contribution in [3.63, 3.8) is 0 Å². The van der Waals surface area contributed by atoms with E-state index in [9.17, 15) is 8.78 Å². The lowest BCUT2D eigenvalue weighted by Gasteiger charge is -2.19. The summed E-state index contributed by atoms with van der Waals surface area (Å²) >= 11 is 4.84. The van der Waals surface area contributed by atoms with Crippen LogP contribution in [0.15, 0.2) is 28.1 Å². The number of methoxy groups -OCH3 is 1. The topological polar surface area (TPSA) is 21.3 Å². The zero-order valence-corrected chi connectivity index (χ0v) is 14.2. The fourth-order valence-corrected chi connectivity index (χ4v) is 3.58. The van der Waals surface area contributed by atoms with Crippen LogP contribution in [0.4, 0.5) is 8.78 Å². The summed E-state index contributed by atoms with van der Waals surface area (Å²) in [6.45, 7) is 2.68. The first-order valence-corrected chi connectivity index (χ1v) is 8.19. The molecule has 1 heterocycles. The highest BCUT2D eigenvalue weighted by atomic mass is 79.9. The molecule has 2 aromatic rings. The Morgan fingerprint density at radius 3 is 2.43 bits per heavy atom. The Bertz CT molecular complexity index is 594. The van der Waals surface area contributed by atoms with Crippen molar-refractivity contribution in [2.45, 2.75) is 19.4 Å². The van der Waals surface area contributed by atoms with Crippen molar-refractivity contribution < 1.29 is 13.5 Å². The molecule has 1 N–H and O–H groups in total. The van der Waals surface area contributed by atoms with Gasteiger partial charge in [0, 0.05) is 22.6 Å². The Morgan fingerprint density at radius 2 is 1.95 bits per heavy atom. The van der Waals surface area contributed by atoms with Gasteiger partial charge < -0.3 is 10.1 Å². The summed E-state index contributed by atoms with van der Waals surface area (Å²) in [4.78, 5) is 0.860. The third kappa shape index (κ3) is 3.81. The first-order valence-electron chi connectivity index (χ1n) is 6.58. The second-order valence-electron chi connectivity index (χ2n) is 4.53. The molecule has 0 saturated carbocycles. The Morgan fingerprint density at radius 1 is 1.29 bits per heavy atom. The average molecular weight is 376 g/mol. The standard InChI is InChI=1S/C15H16BrF2NOS/c1-3-6-19-15(12-4-5-13(16)21-12)14-10(17)7-9(20-2)8-11(14)18/h4-5,7-8,15,19H,3,6H2,1-2H3. The van der Waals surface area contributed by atoms with Gasteiger partial charge in [0.15, 0.2) is 0 Å². The molecule has 21 heavy (non-hydrogen) atoms. The van der Waals surface area contributed by atoms with Crippen molar-refractivity contribution in [3.05, 3.63) is 50.1 Å². The van der Waals surface area contributed by atoms with Crippen molar-refractivity contribution in [3.8, 4) is 5.75 Å². The smallest absolute Gasteiger partial charge is 0.134 e. The predicted octanol–water partition coefficient (Wildman–Crippen LogP) is 4.89. The summed E-state index contributed by atoms with van der Waals surface area (Å²) < 4.78 is 34.4. The number of rotatable bonds is 6. The first-order chi connectivity index (χ1) is 10.1. The van der Waals surface area contributed by atoms with Crippen molar-refractivity contribution in [1.82, 2.24) is 5.32 Å². The van der Waals surface area contributed by atoms with Crippen LogP contribution in [0.2, 0.25) is 0 Å². The molecular weight excluding hydrogens is 360 g/mol.